The van der Waals surface area contributed by atoms with Gasteiger partial charge in [0.2, 0.25) is 0 Å². The zero-order chi connectivity index (χ0) is 14.1. The molecular weight excluding hydrogens is 273 g/mol. The van der Waals surface area contributed by atoms with Crippen molar-refractivity contribution in [2.45, 2.75) is 32.5 Å². The average molecular weight is 290 g/mol. The molecule has 0 aliphatic carbocycles. The molecular formula is C13H17F3N2S. The fourth-order valence-electron chi connectivity index (χ4n) is 2.02. The second-order valence-corrected chi connectivity index (χ2v) is 6.59. The number of rotatable bonds is 2. The first kappa shape index (κ1) is 14.5. The van der Waals surface area contributed by atoms with Gasteiger partial charge in [0.1, 0.15) is 5.69 Å². The van der Waals surface area contributed by atoms with Gasteiger partial charge in [0.05, 0.1) is 11.9 Å². The molecule has 1 unspecified atom stereocenters. The molecule has 1 aliphatic heterocycles. The van der Waals surface area contributed by atoms with Gasteiger partial charge in [0.15, 0.2) is 0 Å². The number of pyridine rings is 1. The number of thioether (sulfide) groups is 1. The summed E-state index contributed by atoms with van der Waals surface area (Å²) in [6.07, 6.45) is -2.01. The first-order chi connectivity index (χ1) is 8.79. The first-order valence-corrected chi connectivity index (χ1v) is 7.32. The van der Waals surface area contributed by atoms with Gasteiger partial charge >= 0.3 is 6.18 Å². The highest BCUT2D eigenvalue weighted by Gasteiger charge is 2.34. The van der Waals surface area contributed by atoms with E-state index >= 15 is 0 Å². The lowest BCUT2D eigenvalue weighted by Crippen LogP contribution is -2.41. The van der Waals surface area contributed by atoms with Crippen LogP contribution in [0.1, 0.15) is 26.0 Å². The molecule has 2 rings (SSSR count). The minimum absolute atomic E-state index is 0.147. The molecule has 0 saturated carbocycles. The Morgan fingerprint density at radius 3 is 2.63 bits per heavy atom. The fraction of sp³-hybridized carbons (Fsp3) is 0.615. The van der Waals surface area contributed by atoms with Crippen LogP contribution >= 0.6 is 11.8 Å². The topological polar surface area (TPSA) is 24.9 Å². The Morgan fingerprint density at radius 1 is 1.37 bits per heavy atom. The summed E-state index contributed by atoms with van der Waals surface area (Å²) in [5, 5.41) is 3.30. The van der Waals surface area contributed by atoms with E-state index < -0.39 is 11.9 Å². The summed E-state index contributed by atoms with van der Waals surface area (Å²) in [5.41, 5.74) is -0.0579. The van der Waals surface area contributed by atoms with Gasteiger partial charge in [-0.05, 0) is 29.7 Å². The smallest absolute Gasteiger partial charge is 0.380 e. The molecule has 0 spiro atoms. The summed E-state index contributed by atoms with van der Waals surface area (Å²) in [4.78, 5) is 3.47. The van der Waals surface area contributed by atoms with Crippen molar-refractivity contribution in [3.8, 4) is 0 Å². The molecule has 106 valence electrons. The van der Waals surface area contributed by atoms with E-state index in [2.05, 4.69) is 24.1 Å². The van der Waals surface area contributed by atoms with Crippen LogP contribution in [0, 0.1) is 5.41 Å². The number of halogens is 3. The van der Waals surface area contributed by atoms with Crippen molar-refractivity contribution < 1.29 is 13.2 Å². The number of nitrogens with zero attached hydrogens (tertiary/aromatic N) is 1. The number of hydrogen-bond donors (Lipinski definition) is 1. The van der Waals surface area contributed by atoms with Crippen LogP contribution in [0.5, 0.6) is 0 Å². The first-order valence-electron chi connectivity index (χ1n) is 6.16. The summed E-state index contributed by atoms with van der Waals surface area (Å²) in [7, 11) is 0. The highest BCUT2D eigenvalue weighted by Crippen LogP contribution is 2.36. The Hall–Kier alpha value is -0.910. The third-order valence-corrected chi connectivity index (χ3v) is 4.58. The molecule has 0 bridgehead atoms. The van der Waals surface area contributed by atoms with Crippen LogP contribution in [-0.4, -0.2) is 22.5 Å². The van der Waals surface area contributed by atoms with Gasteiger partial charge in [-0.25, -0.2) is 4.98 Å². The third-order valence-electron chi connectivity index (χ3n) is 3.51. The number of hydrogen-bond acceptors (Lipinski definition) is 3. The van der Waals surface area contributed by atoms with Crippen LogP contribution in [0.2, 0.25) is 0 Å². The lowest BCUT2D eigenvalue weighted by molar-refractivity contribution is -0.141. The van der Waals surface area contributed by atoms with Crippen LogP contribution in [0.25, 0.3) is 0 Å². The molecule has 0 aromatic carbocycles. The van der Waals surface area contributed by atoms with E-state index in [9.17, 15) is 13.2 Å². The zero-order valence-electron chi connectivity index (χ0n) is 10.9. The number of anilines is 1. The second-order valence-electron chi connectivity index (χ2n) is 5.44. The molecule has 0 radical (unpaired) electrons. The lowest BCUT2D eigenvalue weighted by atomic mass is 9.82. The summed E-state index contributed by atoms with van der Waals surface area (Å²) < 4.78 is 37.2. The van der Waals surface area contributed by atoms with E-state index in [4.69, 9.17) is 0 Å². The lowest BCUT2D eigenvalue weighted by Gasteiger charge is -2.39. The van der Waals surface area contributed by atoms with E-state index in [1.54, 1.807) is 0 Å². The maximum atomic E-state index is 12.4. The van der Waals surface area contributed by atoms with Gasteiger partial charge in [-0.3, -0.25) is 0 Å². The van der Waals surface area contributed by atoms with Gasteiger partial charge < -0.3 is 5.32 Å². The largest absolute Gasteiger partial charge is 0.433 e. The maximum absolute atomic E-state index is 12.4. The Bertz CT molecular complexity index is 429. The van der Waals surface area contributed by atoms with Crippen LogP contribution in [0.4, 0.5) is 18.9 Å². The van der Waals surface area contributed by atoms with E-state index in [-0.39, 0.29) is 11.5 Å². The Morgan fingerprint density at radius 2 is 2.11 bits per heavy atom. The molecule has 1 atom stereocenters. The number of nitrogens with one attached hydrogen (secondary N) is 1. The molecule has 1 fully saturated rings. The quantitative estimate of drug-likeness (QED) is 0.889. The normalized spacial score (nSPS) is 23.1. The highest BCUT2D eigenvalue weighted by molar-refractivity contribution is 7.99. The molecule has 2 nitrogen and oxygen atoms in total. The number of alkyl halides is 3. The van der Waals surface area contributed by atoms with Crippen molar-refractivity contribution in [1.82, 2.24) is 4.98 Å². The Kier molecular flexibility index (Phi) is 3.99. The van der Waals surface area contributed by atoms with Crippen molar-refractivity contribution in [1.29, 1.82) is 0 Å². The van der Waals surface area contributed by atoms with Crippen LogP contribution in [-0.2, 0) is 6.18 Å². The SMILES string of the molecule is CC1(C)CCSCC1Nc1ccc(C(F)(F)F)nc1. The predicted molar refractivity (Wildman–Crippen MR) is 72.4 cm³/mol. The number of aromatic nitrogens is 1. The van der Waals surface area contributed by atoms with Crippen molar-refractivity contribution in [2.24, 2.45) is 5.41 Å². The Labute approximate surface area is 115 Å². The van der Waals surface area contributed by atoms with Crippen LogP contribution in [0.3, 0.4) is 0 Å². The molecule has 1 aliphatic rings. The standard InChI is InChI=1S/C13H17F3N2S/c1-12(2)5-6-19-8-11(12)18-9-3-4-10(17-7-9)13(14,15)16/h3-4,7,11,18H,5-6,8H2,1-2H3. The van der Waals surface area contributed by atoms with Gasteiger partial charge in [0, 0.05) is 11.8 Å². The van der Waals surface area contributed by atoms with E-state index in [1.165, 1.54) is 12.3 Å². The Balaban J connectivity index is 2.07. The van der Waals surface area contributed by atoms with E-state index in [1.807, 2.05) is 11.8 Å². The van der Waals surface area contributed by atoms with Gasteiger partial charge in [-0.1, -0.05) is 13.8 Å². The fourth-order valence-corrected chi connectivity index (χ4v) is 3.63. The van der Waals surface area contributed by atoms with Crippen molar-refractivity contribution in [3.63, 3.8) is 0 Å². The summed E-state index contributed by atoms with van der Waals surface area (Å²) in [6, 6.07) is 2.72. The summed E-state index contributed by atoms with van der Waals surface area (Å²) in [6.45, 7) is 4.36. The third kappa shape index (κ3) is 3.55. The van der Waals surface area contributed by atoms with Crippen molar-refractivity contribution >= 4 is 17.4 Å². The monoisotopic (exact) mass is 290 g/mol. The minimum atomic E-state index is -4.38. The molecule has 1 N–H and O–H groups in total. The molecule has 1 aromatic rings. The van der Waals surface area contributed by atoms with Crippen LogP contribution < -0.4 is 5.32 Å². The summed E-state index contributed by atoms with van der Waals surface area (Å²) in [5.74, 6) is 2.10. The molecule has 1 aromatic heterocycles. The molecule has 19 heavy (non-hydrogen) atoms. The molecule has 0 amide bonds. The zero-order valence-corrected chi connectivity index (χ0v) is 11.7. The van der Waals surface area contributed by atoms with E-state index in [0.717, 1.165) is 24.0 Å². The molecule has 1 saturated heterocycles. The maximum Gasteiger partial charge on any atom is 0.433 e. The average Bonchev–Trinajstić information content (AvgIpc) is 2.31. The van der Waals surface area contributed by atoms with Crippen LogP contribution in [0.15, 0.2) is 18.3 Å². The summed E-state index contributed by atoms with van der Waals surface area (Å²) >= 11 is 1.87. The van der Waals surface area contributed by atoms with Gasteiger partial charge in [-0.2, -0.15) is 24.9 Å². The predicted octanol–water partition coefficient (Wildman–Crippen LogP) is 4.04. The van der Waals surface area contributed by atoms with Gasteiger partial charge in [0.25, 0.3) is 0 Å². The molecule has 6 heteroatoms. The second kappa shape index (κ2) is 5.23. The highest BCUT2D eigenvalue weighted by atomic mass is 32.2. The molecule has 2 heterocycles. The van der Waals surface area contributed by atoms with Gasteiger partial charge in [-0.15, -0.1) is 0 Å². The van der Waals surface area contributed by atoms with Crippen molar-refractivity contribution in [3.05, 3.63) is 24.0 Å². The van der Waals surface area contributed by atoms with E-state index in [0.29, 0.717) is 5.69 Å². The minimum Gasteiger partial charge on any atom is -0.380 e. The van der Waals surface area contributed by atoms with Crippen molar-refractivity contribution in [2.75, 3.05) is 16.8 Å².